The van der Waals surface area contributed by atoms with E-state index in [1.807, 2.05) is 37.3 Å². The van der Waals surface area contributed by atoms with Crippen LogP contribution in [0.15, 0.2) is 46.9 Å². The third-order valence-corrected chi connectivity index (χ3v) is 3.92. The second-order valence-corrected chi connectivity index (χ2v) is 6.09. The fourth-order valence-electron chi connectivity index (χ4n) is 2.35. The Balaban J connectivity index is 2.15. The highest BCUT2D eigenvalue weighted by molar-refractivity contribution is 9.10. The molecule has 3 N–H and O–H groups in total. The quantitative estimate of drug-likeness (QED) is 0.649. The van der Waals surface area contributed by atoms with Crippen molar-refractivity contribution in [2.45, 2.75) is 13.8 Å². The van der Waals surface area contributed by atoms with Gasteiger partial charge in [0, 0.05) is 32.6 Å². The van der Waals surface area contributed by atoms with Gasteiger partial charge in [-0.05, 0) is 55.8 Å². The first kappa shape index (κ1) is 13.9. The van der Waals surface area contributed by atoms with Gasteiger partial charge >= 0.3 is 0 Å². The molecule has 4 heteroatoms. The first-order valence-corrected chi connectivity index (χ1v) is 7.52. The second-order valence-electron chi connectivity index (χ2n) is 5.17. The van der Waals surface area contributed by atoms with Gasteiger partial charge in [-0.2, -0.15) is 0 Å². The van der Waals surface area contributed by atoms with Gasteiger partial charge in [-0.15, -0.1) is 0 Å². The molecule has 106 valence electrons. The average molecular weight is 342 g/mol. The number of nitrogens with zero attached hydrogens (tertiary/aromatic N) is 1. The van der Waals surface area contributed by atoms with Crippen LogP contribution in [-0.4, -0.2) is 4.98 Å². The van der Waals surface area contributed by atoms with Gasteiger partial charge in [0.1, 0.15) is 0 Å². The summed E-state index contributed by atoms with van der Waals surface area (Å²) in [5.74, 6) is 0. The molecule has 0 amide bonds. The Morgan fingerprint density at radius 3 is 2.62 bits per heavy atom. The Kier molecular flexibility index (Phi) is 3.55. The lowest BCUT2D eigenvalue weighted by Crippen LogP contribution is -1.97. The van der Waals surface area contributed by atoms with Crippen molar-refractivity contribution in [3.63, 3.8) is 0 Å². The van der Waals surface area contributed by atoms with Crippen LogP contribution >= 0.6 is 15.9 Å². The Morgan fingerprint density at radius 2 is 1.81 bits per heavy atom. The number of hydrogen-bond acceptors (Lipinski definition) is 3. The fourth-order valence-corrected chi connectivity index (χ4v) is 2.71. The van der Waals surface area contributed by atoms with E-state index >= 15 is 0 Å². The lowest BCUT2D eigenvalue weighted by Gasteiger charge is -2.13. The SMILES string of the molecule is Cc1cc(Nc2cc(Br)ccc2C)c2cc(N)ccc2n1. The lowest BCUT2D eigenvalue weighted by molar-refractivity contribution is 1.25. The molecule has 0 spiro atoms. The standard InChI is InChI=1S/C17H16BrN3/c1-10-3-4-12(18)8-16(10)21-17-7-11(2)20-15-6-5-13(19)9-14(15)17/h3-9H,19H2,1-2H3,(H,20,21). The van der Waals surface area contributed by atoms with Crippen LogP contribution in [0, 0.1) is 13.8 Å². The highest BCUT2D eigenvalue weighted by Crippen LogP contribution is 2.30. The third kappa shape index (κ3) is 2.85. The summed E-state index contributed by atoms with van der Waals surface area (Å²) in [5, 5.41) is 4.53. The van der Waals surface area contributed by atoms with Crippen molar-refractivity contribution in [2.75, 3.05) is 11.1 Å². The topological polar surface area (TPSA) is 50.9 Å². The number of aryl methyl sites for hydroxylation is 2. The number of aromatic nitrogens is 1. The van der Waals surface area contributed by atoms with E-state index in [1.165, 1.54) is 5.56 Å². The number of nitrogen functional groups attached to an aromatic ring is 1. The van der Waals surface area contributed by atoms with Gasteiger partial charge in [-0.25, -0.2) is 0 Å². The number of halogens is 1. The number of nitrogens with one attached hydrogen (secondary N) is 1. The van der Waals surface area contributed by atoms with Crippen LogP contribution in [0.25, 0.3) is 10.9 Å². The average Bonchev–Trinajstić information content (AvgIpc) is 2.43. The van der Waals surface area contributed by atoms with Crippen molar-refractivity contribution in [1.82, 2.24) is 4.98 Å². The van der Waals surface area contributed by atoms with E-state index in [0.717, 1.165) is 38.1 Å². The molecule has 1 aromatic heterocycles. The third-order valence-electron chi connectivity index (χ3n) is 3.43. The highest BCUT2D eigenvalue weighted by atomic mass is 79.9. The number of rotatable bonds is 2. The van der Waals surface area contributed by atoms with Crippen LogP contribution in [-0.2, 0) is 0 Å². The van der Waals surface area contributed by atoms with Crippen LogP contribution in [0.1, 0.15) is 11.3 Å². The predicted octanol–water partition coefficient (Wildman–Crippen LogP) is 4.94. The van der Waals surface area contributed by atoms with Crippen molar-refractivity contribution >= 4 is 43.9 Å². The van der Waals surface area contributed by atoms with Crippen LogP contribution in [0.5, 0.6) is 0 Å². The zero-order valence-corrected chi connectivity index (χ0v) is 13.5. The minimum absolute atomic E-state index is 0.738. The van der Waals surface area contributed by atoms with E-state index < -0.39 is 0 Å². The second kappa shape index (κ2) is 5.37. The first-order valence-electron chi connectivity index (χ1n) is 6.73. The number of pyridine rings is 1. The fraction of sp³-hybridized carbons (Fsp3) is 0.118. The number of fused-ring (bicyclic) bond motifs is 1. The summed E-state index contributed by atoms with van der Waals surface area (Å²) in [7, 11) is 0. The van der Waals surface area contributed by atoms with Gasteiger partial charge in [0.2, 0.25) is 0 Å². The van der Waals surface area contributed by atoms with E-state index in [4.69, 9.17) is 5.73 Å². The first-order chi connectivity index (χ1) is 10.0. The summed E-state index contributed by atoms with van der Waals surface area (Å²) < 4.78 is 1.05. The molecule has 0 radical (unpaired) electrons. The molecule has 0 fully saturated rings. The number of benzene rings is 2. The molecule has 3 aromatic rings. The van der Waals surface area contributed by atoms with Crippen molar-refractivity contribution < 1.29 is 0 Å². The summed E-state index contributed by atoms with van der Waals surface area (Å²) in [6, 6.07) is 14.0. The summed E-state index contributed by atoms with van der Waals surface area (Å²) in [6.07, 6.45) is 0. The molecular weight excluding hydrogens is 326 g/mol. The Morgan fingerprint density at radius 1 is 1.00 bits per heavy atom. The minimum Gasteiger partial charge on any atom is -0.399 e. The smallest absolute Gasteiger partial charge is 0.0727 e. The maximum absolute atomic E-state index is 5.92. The largest absolute Gasteiger partial charge is 0.399 e. The highest BCUT2D eigenvalue weighted by Gasteiger charge is 2.07. The summed E-state index contributed by atoms with van der Waals surface area (Å²) in [4.78, 5) is 4.55. The molecule has 0 aliphatic heterocycles. The molecule has 0 aliphatic carbocycles. The van der Waals surface area contributed by atoms with Gasteiger partial charge in [0.25, 0.3) is 0 Å². The van der Waals surface area contributed by atoms with Gasteiger partial charge in [-0.1, -0.05) is 22.0 Å². The number of nitrogens with two attached hydrogens (primary N) is 1. The molecule has 21 heavy (non-hydrogen) atoms. The molecular formula is C17H16BrN3. The van der Waals surface area contributed by atoms with Crippen LogP contribution < -0.4 is 11.1 Å². The minimum atomic E-state index is 0.738. The molecule has 0 saturated heterocycles. The zero-order valence-electron chi connectivity index (χ0n) is 11.9. The molecule has 0 atom stereocenters. The molecule has 3 nitrogen and oxygen atoms in total. The lowest BCUT2D eigenvalue weighted by atomic mass is 10.1. The maximum atomic E-state index is 5.92. The zero-order chi connectivity index (χ0) is 15.0. The number of anilines is 3. The molecule has 1 heterocycles. The maximum Gasteiger partial charge on any atom is 0.0727 e. The van der Waals surface area contributed by atoms with E-state index in [2.05, 4.69) is 45.3 Å². The van der Waals surface area contributed by atoms with Crippen LogP contribution in [0.3, 0.4) is 0 Å². The summed E-state index contributed by atoms with van der Waals surface area (Å²) in [6.45, 7) is 4.08. The van der Waals surface area contributed by atoms with Crippen molar-refractivity contribution in [2.24, 2.45) is 0 Å². The predicted molar refractivity (Wildman–Crippen MR) is 93.1 cm³/mol. The van der Waals surface area contributed by atoms with Gasteiger partial charge in [0.05, 0.1) is 5.52 Å². The van der Waals surface area contributed by atoms with E-state index in [1.54, 1.807) is 0 Å². The molecule has 2 aromatic carbocycles. The normalized spacial score (nSPS) is 10.8. The van der Waals surface area contributed by atoms with E-state index in [9.17, 15) is 0 Å². The van der Waals surface area contributed by atoms with Crippen molar-refractivity contribution in [3.05, 3.63) is 58.2 Å². The van der Waals surface area contributed by atoms with Gasteiger partial charge in [0.15, 0.2) is 0 Å². The molecule has 0 aliphatic rings. The molecule has 0 saturated carbocycles. The van der Waals surface area contributed by atoms with E-state index in [0.29, 0.717) is 0 Å². The van der Waals surface area contributed by atoms with Crippen LogP contribution in [0.2, 0.25) is 0 Å². The van der Waals surface area contributed by atoms with Crippen molar-refractivity contribution in [1.29, 1.82) is 0 Å². The van der Waals surface area contributed by atoms with Gasteiger partial charge < -0.3 is 11.1 Å². The summed E-state index contributed by atoms with van der Waals surface area (Å²) >= 11 is 3.51. The number of hydrogen-bond donors (Lipinski definition) is 2. The molecule has 3 rings (SSSR count). The molecule has 0 unspecified atom stereocenters. The summed E-state index contributed by atoms with van der Waals surface area (Å²) in [5.41, 5.74) is 11.8. The monoisotopic (exact) mass is 341 g/mol. The Hall–Kier alpha value is -2.07. The molecule has 0 bridgehead atoms. The van der Waals surface area contributed by atoms with Crippen LogP contribution in [0.4, 0.5) is 17.1 Å². The Bertz CT molecular complexity index is 828. The van der Waals surface area contributed by atoms with Gasteiger partial charge in [-0.3, -0.25) is 4.98 Å². The van der Waals surface area contributed by atoms with E-state index in [-0.39, 0.29) is 0 Å². The Labute approximate surface area is 132 Å². The van der Waals surface area contributed by atoms with Crippen molar-refractivity contribution in [3.8, 4) is 0 Å².